The molecule has 1 nitrogen and oxygen atoms in total. The van der Waals surface area contributed by atoms with Gasteiger partial charge < -0.3 is 0 Å². The molecule has 27 heavy (non-hydrogen) atoms. The zero-order valence-corrected chi connectivity index (χ0v) is 21.9. The van der Waals surface area contributed by atoms with Crippen LogP contribution in [-0.4, -0.2) is 30.1 Å². The topological polar surface area (TPSA) is 20.2 Å². The van der Waals surface area contributed by atoms with Crippen LogP contribution < -0.4 is 0 Å². The first-order chi connectivity index (χ1) is 13.2. The second-order valence-electron chi connectivity index (χ2n) is 8.78. The van der Waals surface area contributed by atoms with E-state index in [-0.39, 0.29) is 6.61 Å². The van der Waals surface area contributed by atoms with Gasteiger partial charge in [-0.2, -0.15) is 0 Å². The molecule has 2 heteroatoms. The molecule has 0 saturated carbocycles. The zero-order chi connectivity index (χ0) is 20.0. The van der Waals surface area contributed by atoms with Gasteiger partial charge in [-0.25, -0.2) is 0 Å². The van der Waals surface area contributed by atoms with Crippen LogP contribution in [0.1, 0.15) is 111 Å². The molecule has 1 rings (SSSR count). The van der Waals surface area contributed by atoms with Crippen LogP contribution in [0.15, 0.2) is 20.8 Å². The van der Waals surface area contributed by atoms with Gasteiger partial charge in [-0.15, -0.1) is 0 Å². The van der Waals surface area contributed by atoms with E-state index in [4.69, 9.17) is 0 Å². The van der Waals surface area contributed by atoms with Crippen LogP contribution in [0.2, 0.25) is 13.3 Å². The van der Waals surface area contributed by atoms with Gasteiger partial charge in [-0.05, 0) is 0 Å². The van der Waals surface area contributed by atoms with Crippen molar-refractivity contribution >= 4 is 18.4 Å². The van der Waals surface area contributed by atoms with E-state index in [1.54, 1.807) is 14.7 Å². The molecule has 0 unspecified atom stereocenters. The van der Waals surface area contributed by atoms with E-state index in [1.807, 2.05) is 0 Å². The van der Waals surface area contributed by atoms with Gasteiger partial charge >= 0.3 is 175 Å². The summed E-state index contributed by atoms with van der Waals surface area (Å²) in [6, 6.07) is 0. The first kappa shape index (κ1) is 25.3. The molecule has 1 aliphatic rings. The predicted octanol–water partition coefficient (Wildman–Crippen LogP) is 8.35. The molecular formula is C25H48OSn. The summed E-state index contributed by atoms with van der Waals surface area (Å²) in [6.07, 6.45) is 19.8. The van der Waals surface area contributed by atoms with Gasteiger partial charge in [0.2, 0.25) is 0 Å². The van der Waals surface area contributed by atoms with E-state index in [1.165, 1.54) is 96.8 Å². The molecule has 0 bridgehead atoms. The number of rotatable bonds is 15. The third kappa shape index (κ3) is 8.25. The quantitative estimate of drug-likeness (QED) is 0.232. The molecule has 0 aliphatic heterocycles. The van der Waals surface area contributed by atoms with Crippen molar-refractivity contribution in [3.63, 3.8) is 0 Å². The number of hydrogen-bond donors (Lipinski definition) is 1. The van der Waals surface area contributed by atoms with E-state index in [2.05, 4.69) is 33.8 Å². The van der Waals surface area contributed by atoms with Crippen LogP contribution in [-0.2, 0) is 0 Å². The average molecular weight is 483 g/mol. The molecule has 0 fully saturated rings. The molecule has 158 valence electrons. The second kappa shape index (κ2) is 15.1. The van der Waals surface area contributed by atoms with Crippen molar-refractivity contribution in [2.45, 2.75) is 124 Å². The monoisotopic (exact) mass is 484 g/mol. The Bertz CT molecular complexity index is 427. The SMILES string of the molecule is CCCCC1=C(/[C](=C\CO)[Sn]([CH2]CCC)([CH2]CCC)[CH2]CCC)CCCC1. The number of hydrogen-bond acceptors (Lipinski definition) is 1. The third-order valence-electron chi connectivity index (χ3n) is 6.63. The molecule has 0 saturated heterocycles. The molecule has 0 atom stereocenters. The molecular weight excluding hydrogens is 435 g/mol. The molecule has 0 radical (unpaired) electrons. The van der Waals surface area contributed by atoms with Gasteiger partial charge in [0.15, 0.2) is 0 Å². The molecule has 0 spiro atoms. The van der Waals surface area contributed by atoms with Gasteiger partial charge in [-0.1, -0.05) is 0 Å². The van der Waals surface area contributed by atoms with Gasteiger partial charge in [0.25, 0.3) is 0 Å². The van der Waals surface area contributed by atoms with Crippen LogP contribution >= 0.6 is 0 Å². The van der Waals surface area contributed by atoms with Gasteiger partial charge in [-0.3, -0.25) is 0 Å². The Morgan fingerprint density at radius 1 is 0.815 bits per heavy atom. The van der Waals surface area contributed by atoms with E-state index in [9.17, 15) is 5.11 Å². The summed E-state index contributed by atoms with van der Waals surface area (Å²) in [4.78, 5) is 0. The van der Waals surface area contributed by atoms with Crippen molar-refractivity contribution < 1.29 is 5.11 Å². The molecule has 0 aromatic rings. The number of aliphatic hydroxyl groups excluding tert-OH is 1. The Hall–Kier alpha value is 0.239. The predicted molar refractivity (Wildman–Crippen MR) is 125 cm³/mol. The fraction of sp³-hybridized carbons (Fsp3) is 0.840. The van der Waals surface area contributed by atoms with Gasteiger partial charge in [0, 0.05) is 0 Å². The Morgan fingerprint density at radius 2 is 1.33 bits per heavy atom. The van der Waals surface area contributed by atoms with Crippen molar-refractivity contribution in [3.8, 4) is 0 Å². The minimum atomic E-state index is -2.47. The Labute approximate surface area is 175 Å². The summed E-state index contributed by atoms with van der Waals surface area (Å²) in [5.74, 6) is 0. The van der Waals surface area contributed by atoms with Crippen molar-refractivity contribution in [1.82, 2.24) is 0 Å². The van der Waals surface area contributed by atoms with Crippen LogP contribution in [0.4, 0.5) is 0 Å². The van der Waals surface area contributed by atoms with Crippen LogP contribution in [0, 0.1) is 0 Å². The van der Waals surface area contributed by atoms with Crippen molar-refractivity contribution in [2.24, 2.45) is 0 Å². The summed E-state index contributed by atoms with van der Waals surface area (Å²) in [7, 11) is 0. The fourth-order valence-electron chi connectivity index (χ4n) is 5.03. The van der Waals surface area contributed by atoms with Gasteiger partial charge in [0.1, 0.15) is 0 Å². The molecule has 1 N–H and O–H groups in total. The molecule has 0 amide bonds. The number of allylic oxidation sites excluding steroid dienone is 3. The Morgan fingerprint density at radius 3 is 1.81 bits per heavy atom. The molecule has 0 aromatic heterocycles. The standard InChI is InChI=1S/C13H21O.3C4H9.Sn/c1-2-3-7-12-8-4-5-9-13(12)10-6-11-14;3*1-3-4-2;/h6,14H,2-5,7-9,11H2,1H3;3*1,3-4H2,2H3;. The second-order valence-corrected chi connectivity index (χ2v) is 21.9. The normalized spacial score (nSPS) is 16.3. The van der Waals surface area contributed by atoms with Crippen LogP contribution in [0.3, 0.4) is 0 Å². The zero-order valence-electron chi connectivity index (χ0n) is 19.0. The average Bonchev–Trinajstić information content (AvgIpc) is 2.71. The van der Waals surface area contributed by atoms with Crippen molar-refractivity contribution in [3.05, 3.63) is 20.8 Å². The van der Waals surface area contributed by atoms with Crippen LogP contribution in [0.25, 0.3) is 0 Å². The first-order valence-corrected chi connectivity index (χ1v) is 19.7. The number of unbranched alkanes of at least 4 members (excludes halogenated alkanes) is 4. The molecule has 0 heterocycles. The summed E-state index contributed by atoms with van der Waals surface area (Å²) >= 11 is -2.47. The van der Waals surface area contributed by atoms with E-state index >= 15 is 0 Å². The van der Waals surface area contributed by atoms with E-state index in [0.29, 0.717) is 0 Å². The van der Waals surface area contributed by atoms with E-state index in [0.717, 1.165) is 0 Å². The van der Waals surface area contributed by atoms with Crippen molar-refractivity contribution in [2.75, 3.05) is 6.61 Å². The minimum absolute atomic E-state index is 0.253. The third-order valence-corrected chi connectivity index (χ3v) is 22.6. The summed E-state index contributed by atoms with van der Waals surface area (Å²) < 4.78 is 6.33. The summed E-state index contributed by atoms with van der Waals surface area (Å²) in [5.41, 5.74) is 3.55. The molecule has 0 aromatic carbocycles. The Kier molecular flexibility index (Phi) is 14.2. The number of aliphatic hydroxyl groups is 1. The summed E-state index contributed by atoms with van der Waals surface area (Å²) in [5, 5.41) is 10.0. The van der Waals surface area contributed by atoms with Crippen LogP contribution in [0.5, 0.6) is 0 Å². The summed E-state index contributed by atoms with van der Waals surface area (Å²) in [6.45, 7) is 9.65. The maximum absolute atomic E-state index is 10.0. The van der Waals surface area contributed by atoms with Crippen molar-refractivity contribution in [1.29, 1.82) is 0 Å². The van der Waals surface area contributed by atoms with Gasteiger partial charge in [0.05, 0.1) is 0 Å². The maximum atomic E-state index is 10.0. The van der Waals surface area contributed by atoms with E-state index < -0.39 is 18.4 Å². The Balaban J connectivity index is 3.37. The first-order valence-electron chi connectivity index (χ1n) is 12.2. The molecule has 1 aliphatic carbocycles. The fourth-order valence-corrected chi connectivity index (χ4v) is 22.5.